The van der Waals surface area contributed by atoms with Crippen LogP contribution < -0.4 is 21.7 Å². The summed E-state index contributed by atoms with van der Waals surface area (Å²) in [4.78, 5) is 19.6. The summed E-state index contributed by atoms with van der Waals surface area (Å²) in [5.41, 5.74) is 9.15. The minimum atomic E-state index is -0.517. The molecular weight excluding hydrogens is 294 g/mol. The Labute approximate surface area is 135 Å². The van der Waals surface area contributed by atoms with E-state index in [1.54, 1.807) is 0 Å². The smallest absolute Gasteiger partial charge is 0.283 e. The third-order valence-electron chi connectivity index (χ3n) is 3.27. The quantitative estimate of drug-likeness (QED) is 0.311. The molecule has 0 aliphatic rings. The van der Waals surface area contributed by atoms with Crippen molar-refractivity contribution in [3.05, 3.63) is 36.0 Å². The fourth-order valence-corrected chi connectivity index (χ4v) is 2.07. The Morgan fingerprint density at radius 3 is 2.61 bits per heavy atom. The molecule has 0 unspecified atom stereocenters. The third-order valence-corrected chi connectivity index (χ3v) is 3.27. The molecule has 0 aliphatic heterocycles. The van der Waals surface area contributed by atoms with Gasteiger partial charge in [-0.1, -0.05) is 19.8 Å². The number of hydrogen-bond donors (Lipinski definition) is 3. The van der Waals surface area contributed by atoms with Crippen molar-refractivity contribution in [3.8, 4) is 17.0 Å². The number of carbonyl (C=O) groups excluding carboxylic acids is 1. The molecule has 7 heteroatoms. The number of carbonyl (C=O) groups is 1. The Balaban J connectivity index is 2.12. The summed E-state index contributed by atoms with van der Waals surface area (Å²) in [6, 6.07) is 8.99. The first kappa shape index (κ1) is 16.7. The number of unbranched alkanes of at least 4 members (excludes halogenated alkanes) is 2. The van der Waals surface area contributed by atoms with Gasteiger partial charge in [0, 0.05) is 5.56 Å². The summed E-state index contributed by atoms with van der Waals surface area (Å²) >= 11 is 0. The molecule has 0 saturated heterocycles. The summed E-state index contributed by atoms with van der Waals surface area (Å²) in [5.74, 6) is 5.41. The van der Waals surface area contributed by atoms with Gasteiger partial charge in [0.25, 0.3) is 5.91 Å². The largest absolute Gasteiger partial charge is 0.494 e. The molecule has 5 N–H and O–H groups in total. The molecule has 23 heavy (non-hydrogen) atoms. The first-order chi connectivity index (χ1) is 11.1. The highest BCUT2D eigenvalue weighted by Gasteiger charge is 2.10. The van der Waals surface area contributed by atoms with Gasteiger partial charge < -0.3 is 10.5 Å². The number of anilines is 1. The van der Waals surface area contributed by atoms with Crippen LogP contribution in [0.2, 0.25) is 0 Å². The van der Waals surface area contributed by atoms with Gasteiger partial charge in [0.1, 0.15) is 11.4 Å². The van der Waals surface area contributed by atoms with Gasteiger partial charge in [-0.05, 0) is 36.8 Å². The molecule has 1 heterocycles. The molecule has 0 radical (unpaired) electrons. The van der Waals surface area contributed by atoms with Crippen LogP contribution in [0, 0.1) is 0 Å². The van der Waals surface area contributed by atoms with E-state index in [1.807, 2.05) is 29.7 Å². The number of ether oxygens (including phenoxy) is 1. The SMILES string of the molecule is CCCCCOc1ccc(-c2cc(C(=O)NN)nc(N)n2)cc1. The number of aromatic nitrogens is 2. The van der Waals surface area contributed by atoms with Gasteiger partial charge in [0.05, 0.1) is 12.3 Å². The zero-order valence-electron chi connectivity index (χ0n) is 13.1. The van der Waals surface area contributed by atoms with Crippen molar-refractivity contribution in [1.82, 2.24) is 15.4 Å². The van der Waals surface area contributed by atoms with Gasteiger partial charge >= 0.3 is 0 Å². The van der Waals surface area contributed by atoms with Crippen molar-refractivity contribution in [1.29, 1.82) is 0 Å². The fraction of sp³-hybridized carbons (Fsp3) is 0.312. The fourth-order valence-electron chi connectivity index (χ4n) is 2.07. The number of amides is 1. The summed E-state index contributed by atoms with van der Waals surface area (Å²) in [7, 11) is 0. The summed E-state index contributed by atoms with van der Waals surface area (Å²) in [5, 5.41) is 0. The second kappa shape index (κ2) is 8.09. The first-order valence-corrected chi connectivity index (χ1v) is 7.52. The molecule has 0 fully saturated rings. The number of rotatable bonds is 7. The topological polar surface area (TPSA) is 116 Å². The number of nitrogen functional groups attached to an aromatic ring is 2. The number of nitrogens with zero attached hydrogens (tertiary/aromatic N) is 2. The van der Waals surface area contributed by atoms with Gasteiger partial charge in [0.2, 0.25) is 5.95 Å². The van der Waals surface area contributed by atoms with Crippen molar-refractivity contribution in [3.63, 3.8) is 0 Å². The second-order valence-corrected chi connectivity index (χ2v) is 5.05. The molecule has 0 atom stereocenters. The zero-order valence-corrected chi connectivity index (χ0v) is 13.1. The van der Waals surface area contributed by atoms with E-state index in [-0.39, 0.29) is 11.6 Å². The maximum Gasteiger partial charge on any atom is 0.283 e. The van der Waals surface area contributed by atoms with Gasteiger partial charge in [0.15, 0.2) is 0 Å². The minimum absolute atomic E-state index is 0.0148. The predicted octanol–water partition coefficient (Wildman–Crippen LogP) is 1.90. The highest BCUT2D eigenvalue weighted by molar-refractivity contribution is 5.93. The van der Waals surface area contributed by atoms with E-state index in [0.29, 0.717) is 12.3 Å². The summed E-state index contributed by atoms with van der Waals surface area (Å²) in [6.45, 7) is 2.86. The maximum atomic E-state index is 11.6. The Bertz CT molecular complexity index is 658. The monoisotopic (exact) mass is 315 g/mol. The molecule has 1 amide bonds. The highest BCUT2D eigenvalue weighted by Crippen LogP contribution is 2.22. The Kier molecular flexibility index (Phi) is 5.87. The molecule has 122 valence electrons. The van der Waals surface area contributed by atoms with Crippen LogP contribution in [0.3, 0.4) is 0 Å². The number of hydrogen-bond acceptors (Lipinski definition) is 6. The number of benzene rings is 1. The van der Waals surface area contributed by atoms with Crippen molar-refractivity contribution < 1.29 is 9.53 Å². The zero-order chi connectivity index (χ0) is 16.7. The number of hydrazine groups is 1. The number of nitrogens with one attached hydrogen (secondary N) is 1. The van der Waals surface area contributed by atoms with Gasteiger partial charge in [-0.3, -0.25) is 10.2 Å². The molecular formula is C16H21N5O2. The molecule has 0 spiro atoms. The van der Waals surface area contributed by atoms with Crippen LogP contribution in [-0.2, 0) is 0 Å². The predicted molar refractivity (Wildman–Crippen MR) is 88.6 cm³/mol. The van der Waals surface area contributed by atoms with Crippen LogP contribution in [0.5, 0.6) is 5.75 Å². The van der Waals surface area contributed by atoms with E-state index in [4.69, 9.17) is 16.3 Å². The second-order valence-electron chi connectivity index (χ2n) is 5.05. The third kappa shape index (κ3) is 4.65. The molecule has 1 aromatic carbocycles. The van der Waals surface area contributed by atoms with E-state index >= 15 is 0 Å². The first-order valence-electron chi connectivity index (χ1n) is 7.52. The van der Waals surface area contributed by atoms with Crippen molar-refractivity contribution in [2.45, 2.75) is 26.2 Å². The minimum Gasteiger partial charge on any atom is -0.494 e. The lowest BCUT2D eigenvalue weighted by atomic mass is 10.1. The maximum absolute atomic E-state index is 11.6. The lowest BCUT2D eigenvalue weighted by Crippen LogP contribution is -2.31. The molecule has 1 aromatic heterocycles. The average Bonchev–Trinajstić information content (AvgIpc) is 2.58. The normalized spacial score (nSPS) is 10.3. The number of nitrogens with two attached hydrogens (primary N) is 2. The molecule has 0 bridgehead atoms. The van der Waals surface area contributed by atoms with E-state index < -0.39 is 5.91 Å². The average molecular weight is 315 g/mol. The van der Waals surface area contributed by atoms with Crippen LogP contribution in [0.25, 0.3) is 11.3 Å². The van der Waals surface area contributed by atoms with Crippen LogP contribution in [-0.4, -0.2) is 22.5 Å². The molecule has 0 saturated carbocycles. The Hall–Kier alpha value is -2.67. The van der Waals surface area contributed by atoms with E-state index in [2.05, 4.69) is 16.9 Å². The van der Waals surface area contributed by atoms with Crippen molar-refractivity contribution in [2.75, 3.05) is 12.3 Å². The lowest BCUT2D eigenvalue weighted by Gasteiger charge is -2.08. The molecule has 2 aromatic rings. The van der Waals surface area contributed by atoms with Gasteiger partial charge in [-0.2, -0.15) is 0 Å². The molecule has 7 nitrogen and oxygen atoms in total. The van der Waals surface area contributed by atoms with E-state index in [1.165, 1.54) is 6.07 Å². The van der Waals surface area contributed by atoms with Crippen LogP contribution in [0.1, 0.15) is 36.7 Å². The Morgan fingerprint density at radius 2 is 1.96 bits per heavy atom. The van der Waals surface area contributed by atoms with Crippen LogP contribution in [0.15, 0.2) is 30.3 Å². The van der Waals surface area contributed by atoms with Crippen LogP contribution >= 0.6 is 0 Å². The van der Waals surface area contributed by atoms with Gasteiger partial charge in [-0.25, -0.2) is 15.8 Å². The lowest BCUT2D eigenvalue weighted by molar-refractivity contribution is 0.0948. The van der Waals surface area contributed by atoms with Crippen molar-refractivity contribution in [2.24, 2.45) is 5.84 Å². The summed E-state index contributed by atoms with van der Waals surface area (Å²) < 4.78 is 5.66. The highest BCUT2D eigenvalue weighted by atomic mass is 16.5. The molecule has 0 aliphatic carbocycles. The standard InChI is InChI=1S/C16H21N5O2/c1-2-3-4-9-23-12-7-5-11(6-8-12)13-10-14(15(22)21-18)20-16(17)19-13/h5-8,10H,2-4,9,18H2,1H3,(H,21,22)(H2,17,19,20). The van der Waals surface area contributed by atoms with Crippen molar-refractivity contribution >= 4 is 11.9 Å². The van der Waals surface area contributed by atoms with Gasteiger partial charge in [-0.15, -0.1) is 0 Å². The molecule has 2 rings (SSSR count). The van der Waals surface area contributed by atoms with E-state index in [9.17, 15) is 4.79 Å². The summed E-state index contributed by atoms with van der Waals surface area (Å²) in [6.07, 6.45) is 3.36. The van der Waals surface area contributed by atoms with E-state index in [0.717, 1.165) is 30.6 Å². The van der Waals surface area contributed by atoms with Crippen LogP contribution in [0.4, 0.5) is 5.95 Å². The Morgan fingerprint density at radius 1 is 1.22 bits per heavy atom.